The first-order valence-electron chi connectivity index (χ1n) is 6.73. The highest BCUT2D eigenvalue weighted by molar-refractivity contribution is 4.95. The lowest BCUT2D eigenvalue weighted by Gasteiger charge is -2.14. The second-order valence-corrected chi connectivity index (χ2v) is 5.41. The van der Waals surface area contributed by atoms with E-state index in [2.05, 4.69) is 36.2 Å². The lowest BCUT2D eigenvalue weighted by atomic mass is 10.1. The summed E-state index contributed by atoms with van der Waals surface area (Å²) >= 11 is 0. The summed E-state index contributed by atoms with van der Waals surface area (Å²) in [7, 11) is 0. The fourth-order valence-electron chi connectivity index (χ4n) is 2.18. The molecule has 1 saturated carbocycles. The average molecular weight is 237 g/mol. The fourth-order valence-corrected chi connectivity index (χ4v) is 2.18. The van der Waals surface area contributed by atoms with E-state index >= 15 is 0 Å². The van der Waals surface area contributed by atoms with E-state index in [0.29, 0.717) is 12.0 Å². The Morgan fingerprint density at radius 2 is 2.12 bits per heavy atom. The van der Waals surface area contributed by atoms with Gasteiger partial charge in [0.25, 0.3) is 0 Å². The monoisotopic (exact) mass is 237 g/mol. The largest absolute Gasteiger partial charge is 0.339 e. The van der Waals surface area contributed by atoms with Crippen molar-refractivity contribution in [2.24, 2.45) is 11.8 Å². The normalized spacial score (nSPS) is 17.6. The molecule has 1 atom stereocenters. The Morgan fingerprint density at radius 1 is 1.35 bits per heavy atom. The molecule has 0 saturated heterocycles. The van der Waals surface area contributed by atoms with Crippen LogP contribution in [0.15, 0.2) is 4.52 Å². The van der Waals surface area contributed by atoms with Crippen LogP contribution in [0.3, 0.4) is 0 Å². The van der Waals surface area contributed by atoms with Gasteiger partial charge in [-0.05, 0) is 31.2 Å². The zero-order chi connectivity index (χ0) is 12.3. The molecule has 96 valence electrons. The van der Waals surface area contributed by atoms with E-state index < -0.39 is 0 Å². The van der Waals surface area contributed by atoms with Gasteiger partial charge in [0.1, 0.15) is 0 Å². The highest BCUT2D eigenvalue weighted by Crippen LogP contribution is 2.33. The minimum atomic E-state index is 0.521. The molecule has 0 spiro atoms. The average Bonchev–Trinajstić information content (AvgIpc) is 3.01. The summed E-state index contributed by atoms with van der Waals surface area (Å²) in [6.45, 7) is 7.49. The predicted octanol–water partition coefficient (Wildman–Crippen LogP) is 2.20. The Labute approximate surface area is 103 Å². The van der Waals surface area contributed by atoms with Gasteiger partial charge in [0.15, 0.2) is 5.82 Å². The number of nitrogens with zero attached hydrogens (tertiary/aromatic N) is 2. The number of aromatic nitrogens is 2. The molecule has 1 unspecified atom stereocenters. The molecule has 17 heavy (non-hydrogen) atoms. The van der Waals surface area contributed by atoms with Crippen molar-refractivity contribution in [1.82, 2.24) is 15.5 Å². The van der Waals surface area contributed by atoms with Gasteiger partial charge in [0.05, 0.1) is 0 Å². The van der Waals surface area contributed by atoms with Gasteiger partial charge in [-0.2, -0.15) is 4.98 Å². The lowest BCUT2D eigenvalue weighted by Crippen LogP contribution is -2.33. The van der Waals surface area contributed by atoms with Crippen LogP contribution in [-0.2, 0) is 12.8 Å². The molecule has 1 aliphatic rings. The minimum absolute atomic E-state index is 0.521. The number of hydrogen-bond donors (Lipinski definition) is 1. The Kier molecular flexibility index (Phi) is 4.15. The molecule has 1 aromatic rings. The molecule has 0 radical (unpaired) electrons. The zero-order valence-corrected chi connectivity index (χ0v) is 11.1. The van der Waals surface area contributed by atoms with E-state index in [0.717, 1.165) is 37.0 Å². The van der Waals surface area contributed by atoms with E-state index in [1.54, 1.807) is 0 Å². The van der Waals surface area contributed by atoms with E-state index in [1.807, 2.05) is 0 Å². The third-order valence-electron chi connectivity index (χ3n) is 3.15. The van der Waals surface area contributed by atoms with Crippen LogP contribution < -0.4 is 5.32 Å². The van der Waals surface area contributed by atoms with Crippen molar-refractivity contribution in [2.45, 2.75) is 52.5 Å². The number of nitrogens with one attached hydrogen (secondary N) is 1. The smallest absolute Gasteiger partial charge is 0.228 e. The van der Waals surface area contributed by atoms with Gasteiger partial charge in [-0.3, -0.25) is 0 Å². The number of likely N-dealkylation sites (N-methyl/N-ethyl adjacent to an activating group) is 1. The number of rotatable bonds is 7. The second-order valence-electron chi connectivity index (χ2n) is 5.41. The molecule has 1 N–H and O–H groups in total. The van der Waals surface area contributed by atoms with Crippen molar-refractivity contribution in [3.8, 4) is 0 Å². The maximum Gasteiger partial charge on any atom is 0.228 e. The Bertz CT molecular complexity index is 344. The van der Waals surface area contributed by atoms with Crippen LogP contribution in [-0.4, -0.2) is 22.7 Å². The SMILES string of the molecule is CCNC(Cc1nc(CC(C)C)no1)C1CC1. The first-order valence-corrected chi connectivity index (χ1v) is 6.73. The molecule has 0 aromatic carbocycles. The van der Waals surface area contributed by atoms with E-state index in [4.69, 9.17) is 4.52 Å². The van der Waals surface area contributed by atoms with E-state index in [-0.39, 0.29) is 0 Å². The first kappa shape index (κ1) is 12.6. The highest BCUT2D eigenvalue weighted by Gasteiger charge is 2.31. The summed E-state index contributed by atoms with van der Waals surface area (Å²) in [4.78, 5) is 4.46. The van der Waals surface area contributed by atoms with Crippen LogP contribution in [0.1, 0.15) is 45.3 Å². The molecule has 1 heterocycles. The van der Waals surface area contributed by atoms with E-state index in [9.17, 15) is 0 Å². The molecule has 2 rings (SSSR count). The molecule has 1 aliphatic carbocycles. The molecule has 0 aliphatic heterocycles. The Hall–Kier alpha value is -0.900. The van der Waals surface area contributed by atoms with Gasteiger partial charge in [0, 0.05) is 18.9 Å². The maximum absolute atomic E-state index is 5.32. The summed E-state index contributed by atoms with van der Waals surface area (Å²) in [5.74, 6) is 3.03. The van der Waals surface area contributed by atoms with Crippen LogP contribution in [0.5, 0.6) is 0 Å². The quantitative estimate of drug-likeness (QED) is 0.790. The standard InChI is InChI=1S/C13H23N3O/c1-4-14-11(10-5-6-10)8-13-15-12(16-17-13)7-9(2)3/h9-11,14H,4-8H2,1-3H3. The van der Waals surface area contributed by atoms with Gasteiger partial charge in [-0.25, -0.2) is 0 Å². The summed E-state index contributed by atoms with van der Waals surface area (Å²) in [6.07, 6.45) is 4.46. The molecule has 4 heteroatoms. The summed E-state index contributed by atoms with van der Waals surface area (Å²) in [5.41, 5.74) is 0. The first-order chi connectivity index (χ1) is 8.19. The molecular weight excluding hydrogens is 214 g/mol. The predicted molar refractivity (Wildman–Crippen MR) is 66.7 cm³/mol. The third-order valence-corrected chi connectivity index (χ3v) is 3.15. The summed E-state index contributed by atoms with van der Waals surface area (Å²) < 4.78 is 5.32. The van der Waals surface area contributed by atoms with Crippen molar-refractivity contribution in [3.63, 3.8) is 0 Å². The van der Waals surface area contributed by atoms with Crippen molar-refractivity contribution >= 4 is 0 Å². The maximum atomic E-state index is 5.32. The molecular formula is C13H23N3O. The topological polar surface area (TPSA) is 51.0 Å². The van der Waals surface area contributed by atoms with Crippen LogP contribution >= 0.6 is 0 Å². The molecule has 1 fully saturated rings. The lowest BCUT2D eigenvalue weighted by molar-refractivity contribution is 0.343. The van der Waals surface area contributed by atoms with Crippen LogP contribution in [0, 0.1) is 11.8 Å². The summed E-state index contributed by atoms with van der Waals surface area (Å²) in [5, 5.41) is 7.55. The van der Waals surface area contributed by atoms with E-state index in [1.165, 1.54) is 12.8 Å². The molecule has 1 aromatic heterocycles. The summed E-state index contributed by atoms with van der Waals surface area (Å²) in [6, 6.07) is 0.521. The van der Waals surface area contributed by atoms with Crippen molar-refractivity contribution in [3.05, 3.63) is 11.7 Å². The second kappa shape index (κ2) is 5.63. The van der Waals surface area contributed by atoms with Crippen LogP contribution in [0.25, 0.3) is 0 Å². The molecule has 0 bridgehead atoms. The van der Waals surface area contributed by atoms with Crippen LogP contribution in [0.2, 0.25) is 0 Å². The molecule has 0 amide bonds. The zero-order valence-electron chi connectivity index (χ0n) is 11.1. The van der Waals surface area contributed by atoms with Crippen molar-refractivity contribution < 1.29 is 4.52 Å². The van der Waals surface area contributed by atoms with Crippen LogP contribution in [0.4, 0.5) is 0 Å². The fraction of sp³-hybridized carbons (Fsp3) is 0.846. The van der Waals surface area contributed by atoms with Gasteiger partial charge in [-0.1, -0.05) is 25.9 Å². The van der Waals surface area contributed by atoms with Crippen molar-refractivity contribution in [2.75, 3.05) is 6.54 Å². The van der Waals surface area contributed by atoms with Gasteiger partial charge < -0.3 is 9.84 Å². The third kappa shape index (κ3) is 3.80. The van der Waals surface area contributed by atoms with Gasteiger partial charge in [-0.15, -0.1) is 0 Å². The Balaban J connectivity index is 1.90. The van der Waals surface area contributed by atoms with Gasteiger partial charge in [0.2, 0.25) is 5.89 Å². The highest BCUT2D eigenvalue weighted by atomic mass is 16.5. The Morgan fingerprint density at radius 3 is 2.71 bits per heavy atom. The molecule has 4 nitrogen and oxygen atoms in total. The number of hydrogen-bond acceptors (Lipinski definition) is 4. The minimum Gasteiger partial charge on any atom is -0.339 e. The van der Waals surface area contributed by atoms with Crippen molar-refractivity contribution in [1.29, 1.82) is 0 Å². The van der Waals surface area contributed by atoms with Gasteiger partial charge >= 0.3 is 0 Å².